The van der Waals surface area contributed by atoms with Gasteiger partial charge in [-0.25, -0.2) is 4.79 Å². The van der Waals surface area contributed by atoms with Crippen molar-refractivity contribution in [1.29, 1.82) is 0 Å². The van der Waals surface area contributed by atoms with Crippen LogP contribution in [-0.4, -0.2) is 30.9 Å². The first-order chi connectivity index (χ1) is 8.36. The third-order valence-electron chi connectivity index (χ3n) is 2.06. The molecule has 18 heavy (non-hydrogen) atoms. The average molecular weight is 264 g/mol. The highest BCUT2D eigenvalue weighted by Gasteiger charge is 2.35. The average Bonchev–Trinajstić information content (AvgIpc) is 2.27. The number of rotatable bonds is 5. The molecule has 1 aromatic rings. The van der Waals surface area contributed by atoms with E-state index in [0.717, 1.165) is 12.1 Å². The lowest BCUT2D eigenvalue weighted by molar-refractivity contribution is -0.150. The van der Waals surface area contributed by atoms with E-state index in [1.54, 1.807) is 0 Å². The summed E-state index contributed by atoms with van der Waals surface area (Å²) in [6.07, 6.45) is -6.09. The quantitative estimate of drug-likeness (QED) is 0.885. The van der Waals surface area contributed by atoms with Gasteiger partial charge in [0.25, 0.3) is 0 Å². The van der Waals surface area contributed by atoms with Crippen LogP contribution >= 0.6 is 0 Å². The molecule has 1 atom stereocenters. The first-order valence-corrected chi connectivity index (χ1v) is 4.91. The number of hydrogen-bond acceptors (Lipinski definition) is 3. The molecule has 0 saturated heterocycles. The van der Waals surface area contributed by atoms with Crippen molar-refractivity contribution in [3.05, 3.63) is 29.8 Å². The van der Waals surface area contributed by atoms with E-state index in [-0.39, 0.29) is 6.61 Å². The number of methoxy groups -OCH3 is 1. The number of carboxylic acid groups (broad SMARTS) is 1. The van der Waals surface area contributed by atoms with Crippen molar-refractivity contribution in [1.82, 2.24) is 0 Å². The molecule has 100 valence electrons. The molecule has 0 heterocycles. The van der Waals surface area contributed by atoms with Crippen LogP contribution in [0.5, 0.6) is 5.75 Å². The maximum atomic E-state index is 12.6. The minimum absolute atomic E-state index is 0.346. The smallest absolute Gasteiger partial charge is 0.419 e. The molecule has 0 saturated carbocycles. The standard InChI is InChI=1S/C11H11F3O4/c1-17-6-9(10(15)16)18-8-5-3-2-4-7(8)11(12,13)14/h2-5,9H,6H2,1H3,(H,15,16). The Morgan fingerprint density at radius 3 is 2.50 bits per heavy atom. The topological polar surface area (TPSA) is 55.8 Å². The summed E-state index contributed by atoms with van der Waals surface area (Å²) in [5.41, 5.74) is -1.02. The van der Waals surface area contributed by atoms with E-state index in [0.29, 0.717) is 0 Å². The fraction of sp³-hybridized carbons (Fsp3) is 0.364. The molecule has 0 fully saturated rings. The zero-order valence-corrected chi connectivity index (χ0v) is 9.40. The van der Waals surface area contributed by atoms with Crippen LogP contribution in [0.4, 0.5) is 13.2 Å². The third kappa shape index (κ3) is 3.63. The number of alkyl halides is 3. The molecular weight excluding hydrogens is 253 g/mol. The molecule has 0 bridgehead atoms. The maximum Gasteiger partial charge on any atom is 0.419 e. The molecule has 0 aliphatic heterocycles. The zero-order chi connectivity index (χ0) is 13.8. The molecule has 1 N–H and O–H groups in total. The summed E-state index contributed by atoms with van der Waals surface area (Å²) in [6.45, 7) is -0.346. The highest BCUT2D eigenvalue weighted by atomic mass is 19.4. The summed E-state index contributed by atoms with van der Waals surface area (Å²) in [6, 6.07) is 4.41. The van der Waals surface area contributed by atoms with Gasteiger partial charge in [-0.05, 0) is 12.1 Å². The predicted octanol–water partition coefficient (Wildman–Crippen LogP) is 2.18. The van der Waals surface area contributed by atoms with Gasteiger partial charge in [0.05, 0.1) is 12.2 Å². The number of ether oxygens (including phenoxy) is 2. The molecular formula is C11H11F3O4. The Hall–Kier alpha value is -1.76. The minimum atomic E-state index is -4.60. The second kappa shape index (κ2) is 5.72. The van der Waals surface area contributed by atoms with E-state index in [4.69, 9.17) is 9.84 Å². The van der Waals surface area contributed by atoms with Gasteiger partial charge in [-0.1, -0.05) is 12.1 Å². The number of halogens is 3. The summed E-state index contributed by atoms with van der Waals surface area (Å²) in [5.74, 6) is -1.93. The van der Waals surface area contributed by atoms with Crippen molar-refractivity contribution >= 4 is 5.97 Å². The van der Waals surface area contributed by atoms with Crippen LogP contribution in [-0.2, 0) is 15.7 Å². The predicted molar refractivity (Wildman–Crippen MR) is 55.4 cm³/mol. The molecule has 1 aromatic carbocycles. The van der Waals surface area contributed by atoms with Crippen molar-refractivity contribution in [3.8, 4) is 5.75 Å². The molecule has 0 radical (unpaired) electrons. The Kier molecular flexibility index (Phi) is 4.55. The first kappa shape index (κ1) is 14.3. The normalized spacial score (nSPS) is 13.1. The molecule has 7 heteroatoms. The third-order valence-corrected chi connectivity index (χ3v) is 2.06. The van der Waals surface area contributed by atoms with Crippen LogP contribution in [0, 0.1) is 0 Å². The lowest BCUT2D eigenvalue weighted by atomic mass is 10.2. The fourth-order valence-electron chi connectivity index (χ4n) is 1.26. The van der Waals surface area contributed by atoms with Gasteiger partial charge in [-0.2, -0.15) is 13.2 Å². The summed E-state index contributed by atoms with van der Waals surface area (Å²) in [5, 5.41) is 8.77. The van der Waals surface area contributed by atoms with E-state index in [2.05, 4.69) is 4.74 Å². The maximum absolute atomic E-state index is 12.6. The second-order valence-electron chi connectivity index (χ2n) is 3.39. The lowest BCUT2D eigenvalue weighted by Crippen LogP contribution is -2.32. The molecule has 0 amide bonds. The van der Waals surface area contributed by atoms with Gasteiger partial charge in [-0.3, -0.25) is 0 Å². The first-order valence-electron chi connectivity index (χ1n) is 4.91. The molecule has 0 aliphatic carbocycles. The monoisotopic (exact) mass is 264 g/mol. The van der Waals surface area contributed by atoms with Gasteiger partial charge in [0.1, 0.15) is 5.75 Å². The van der Waals surface area contributed by atoms with Crippen LogP contribution in [0.1, 0.15) is 5.56 Å². The zero-order valence-electron chi connectivity index (χ0n) is 9.40. The Bertz CT molecular complexity index is 417. The SMILES string of the molecule is COCC(Oc1ccccc1C(F)(F)F)C(=O)O. The van der Waals surface area contributed by atoms with Crippen LogP contribution < -0.4 is 4.74 Å². The van der Waals surface area contributed by atoms with Crippen molar-refractivity contribution in [2.75, 3.05) is 13.7 Å². The Balaban J connectivity index is 2.99. The van der Waals surface area contributed by atoms with E-state index < -0.39 is 29.6 Å². The molecule has 1 rings (SSSR count). The molecule has 0 aromatic heterocycles. The highest BCUT2D eigenvalue weighted by molar-refractivity contribution is 5.73. The van der Waals surface area contributed by atoms with Gasteiger partial charge in [0, 0.05) is 7.11 Å². The Morgan fingerprint density at radius 1 is 1.39 bits per heavy atom. The minimum Gasteiger partial charge on any atom is -0.478 e. The number of carboxylic acids is 1. The van der Waals surface area contributed by atoms with Gasteiger partial charge in [0.2, 0.25) is 6.10 Å². The van der Waals surface area contributed by atoms with E-state index >= 15 is 0 Å². The van der Waals surface area contributed by atoms with Crippen molar-refractivity contribution in [2.45, 2.75) is 12.3 Å². The largest absolute Gasteiger partial charge is 0.478 e. The van der Waals surface area contributed by atoms with Crippen LogP contribution in [0.3, 0.4) is 0 Å². The Morgan fingerprint density at radius 2 is 2.00 bits per heavy atom. The van der Waals surface area contributed by atoms with Crippen LogP contribution in [0.15, 0.2) is 24.3 Å². The van der Waals surface area contributed by atoms with Gasteiger partial charge in [0.15, 0.2) is 0 Å². The van der Waals surface area contributed by atoms with Gasteiger partial charge < -0.3 is 14.6 Å². The van der Waals surface area contributed by atoms with Crippen molar-refractivity contribution in [3.63, 3.8) is 0 Å². The van der Waals surface area contributed by atoms with Crippen molar-refractivity contribution < 1.29 is 32.5 Å². The van der Waals surface area contributed by atoms with E-state index in [1.165, 1.54) is 19.2 Å². The highest BCUT2D eigenvalue weighted by Crippen LogP contribution is 2.36. The number of carbonyl (C=O) groups is 1. The van der Waals surface area contributed by atoms with E-state index in [9.17, 15) is 18.0 Å². The molecule has 0 spiro atoms. The van der Waals surface area contributed by atoms with Gasteiger partial charge in [-0.15, -0.1) is 0 Å². The van der Waals surface area contributed by atoms with Crippen LogP contribution in [0.2, 0.25) is 0 Å². The Labute approximate surface area is 101 Å². The number of benzene rings is 1. The van der Waals surface area contributed by atoms with E-state index in [1.807, 2.05) is 0 Å². The molecule has 0 aliphatic rings. The summed E-state index contributed by atoms with van der Waals surface area (Å²) in [7, 11) is 1.23. The molecule has 1 unspecified atom stereocenters. The fourth-order valence-corrected chi connectivity index (χ4v) is 1.26. The van der Waals surface area contributed by atoms with Gasteiger partial charge >= 0.3 is 12.1 Å². The summed E-state index contributed by atoms with van der Waals surface area (Å²) >= 11 is 0. The number of hydrogen-bond donors (Lipinski definition) is 1. The molecule has 4 nitrogen and oxygen atoms in total. The summed E-state index contributed by atoms with van der Waals surface area (Å²) < 4.78 is 47.3. The second-order valence-corrected chi connectivity index (χ2v) is 3.39. The number of aliphatic carboxylic acids is 1. The number of para-hydroxylation sites is 1. The van der Waals surface area contributed by atoms with Crippen molar-refractivity contribution in [2.24, 2.45) is 0 Å². The lowest BCUT2D eigenvalue weighted by Gasteiger charge is -2.18. The summed E-state index contributed by atoms with van der Waals surface area (Å²) in [4.78, 5) is 10.8. The van der Waals surface area contributed by atoms with Crippen LogP contribution in [0.25, 0.3) is 0 Å².